The van der Waals surface area contributed by atoms with Gasteiger partial charge in [-0.25, -0.2) is 4.98 Å². The molecule has 0 bridgehead atoms. The molecule has 23 heavy (non-hydrogen) atoms. The minimum absolute atomic E-state index is 0.0758. The Morgan fingerprint density at radius 1 is 1.39 bits per heavy atom. The smallest absolute Gasteiger partial charge is 0.167 e. The molecule has 2 aliphatic heterocycles. The summed E-state index contributed by atoms with van der Waals surface area (Å²) < 4.78 is 5.97. The third kappa shape index (κ3) is 2.85. The minimum atomic E-state index is -0.0758. The summed E-state index contributed by atoms with van der Waals surface area (Å²) in [4.78, 5) is 7.02. The van der Waals surface area contributed by atoms with Gasteiger partial charge in [0.25, 0.3) is 0 Å². The highest BCUT2D eigenvalue weighted by atomic mass is 16.5. The highest BCUT2D eigenvalue weighted by Crippen LogP contribution is 2.36. The molecule has 0 saturated carbocycles. The first-order valence-corrected chi connectivity index (χ1v) is 8.44. The first-order valence-electron chi connectivity index (χ1n) is 8.44. The second-order valence-electron chi connectivity index (χ2n) is 7.39. The van der Waals surface area contributed by atoms with Gasteiger partial charge in [-0.3, -0.25) is 10.00 Å². The summed E-state index contributed by atoms with van der Waals surface area (Å²) >= 11 is 0. The number of hydrogen-bond donors (Lipinski definition) is 1. The van der Waals surface area contributed by atoms with Crippen molar-refractivity contribution in [1.82, 2.24) is 20.1 Å². The van der Waals surface area contributed by atoms with Crippen LogP contribution in [-0.4, -0.2) is 32.2 Å². The molecule has 0 amide bonds. The van der Waals surface area contributed by atoms with Crippen molar-refractivity contribution in [3.8, 4) is 5.75 Å². The number of nitrogens with one attached hydrogen (secondary N) is 1. The largest absolute Gasteiger partial charge is 0.487 e. The van der Waals surface area contributed by atoms with E-state index in [9.17, 15) is 0 Å². The summed E-state index contributed by atoms with van der Waals surface area (Å²) in [5, 5.41) is 7.34. The Hall–Kier alpha value is -1.88. The van der Waals surface area contributed by atoms with Gasteiger partial charge in [0, 0.05) is 13.0 Å². The molecule has 1 aromatic heterocycles. The molecule has 1 saturated heterocycles. The molecule has 0 aliphatic carbocycles. The van der Waals surface area contributed by atoms with Gasteiger partial charge in [0.1, 0.15) is 17.2 Å². The quantitative estimate of drug-likeness (QED) is 0.946. The molecule has 2 aliphatic rings. The number of H-pyrrole nitrogens is 1. The maximum atomic E-state index is 5.97. The standard InChI is InChI=1S/C18H24N4O/c1-12-19-17(21-20-12)15-5-4-8-22(15)11-13-6-7-16-14(9-13)10-18(2,3)23-16/h6-7,9,15H,4-5,8,10-11H2,1-3H3,(H,19,20,21)/t15-/m0/s1. The van der Waals surface area contributed by atoms with Crippen LogP contribution in [0.5, 0.6) is 5.75 Å². The van der Waals surface area contributed by atoms with E-state index >= 15 is 0 Å². The molecule has 3 heterocycles. The lowest BCUT2D eigenvalue weighted by atomic mass is 10.00. The molecular weight excluding hydrogens is 288 g/mol. The Morgan fingerprint density at radius 3 is 3.04 bits per heavy atom. The van der Waals surface area contributed by atoms with E-state index in [1.165, 1.54) is 17.5 Å². The number of nitrogens with zero attached hydrogens (tertiary/aromatic N) is 3. The fourth-order valence-electron chi connectivity index (χ4n) is 3.81. The first kappa shape index (κ1) is 14.7. The van der Waals surface area contributed by atoms with Crippen LogP contribution in [0.25, 0.3) is 0 Å². The van der Waals surface area contributed by atoms with Crippen LogP contribution in [0.4, 0.5) is 0 Å². The fraction of sp³-hybridized carbons (Fsp3) is 0.556. The maximum Gasteiger partial charge on any atom is 0.167 e. The van der Waals surface area contributed by atoms with E-state index in [0.717, 1.165) is 43.3 Å². The number of ether oxygens (including phenoxy) is 1. The zero-order valence-corrected chi connectivity index (χ0v) is 14.1. The highest BCUT2D eigenvalue weighted by molar-refractivity contribution is 5.41. The predicted molar refractivity (Wildman–Crippen MR) is 88.4 cm³/mol. The molecule has 1 N–H and O–H groups in total. The van der Waals surface area contributed by atoms with Gasteiger partial charge in [0.15, 0.2) is 5.82 Å². The van der Waals surface area contributed by atoms with Crippen molar-refractivity contribution in [3.63, 3.8) is 0 Å². The number of benzene rings is 1. The Morgan fingerprint density at radius 2 is 2.26 bits per heavy atom. The highest BCUT2D eigenvalue weighted by Gasteiger charge is 2.31. The van der Waals surface area contributed by atoms with Crippen molar-refractivity contribution in [2.45, 2.75) is 58.2 Å². The SMILES string of the molecule is Cc1nc([C@@H]2CCCN2Cc2ccc3c(c2)CC(C)(C)O3)n[nH]1. The third-order valence-electron chi connectivity index (χ3n) is 4.79. The Labute approximate surface area is 137 Å². The van der Waals surface area contributed by atoms with Crippen LogP contribution in [0.3, 0.4) is 0 Å². The molecule has 1 aromatic carbocycles. The fourth-order valence-corrected chi connectivity index (χ4v) is 3.81. The monoisotopic (exact) mass is 312 g/mol. The van der Waals surface area contributed by atoms with Gasteiger partial charge in [-0.05, 0) is 57.4 Å². The zero-order chi connectivity index (χ0) is 16.0. The third-order valence-corrected chi connectivity index (χ3v) is 4.79. The number of aryl methyl sites for hydroxylation is 1. The van der Waals surface area contributed by atoms with Gasteiger partial charge in [0.2, 0.25) is 0 Å². The molecule has 122 valence electrons. The van der Waals surface area contributed by atoms with E-state index < -0.39 is 0 Å². The lowest BCUT2D eigenvalue weighted by Gasteiger charge is -2.22. The van der Waals surface area contributed by atoms with Crippen molar-refractivity contribution in [1.29, 1.82) is 0 Å². The maximum absolute atomic E-state index is 5.97. The summed E-state index contributed by atoms with van der Waals surface area (Å²) in [6.45, 7) is 8.31. The van der Waals surface area contributed by atoms with Gasteiger partial charge >= 0.3 is 0 Å². The summed E-state index contributed by atoms with van der Waals surface area (Å²) in [6.07, 6.45) is 3.33. The minimum Gasteiger partial charge on any atom is -0.487 e. The topological polar surface area (TPSA) is 54.0 Å². The Bertz CT molecular complexity index is 722. The molecular formula is C18H24N4O. The van der Waals surface area contributed by atoms with Crippen LogP contribution in [0.1, 0.15) is 55.5 Å². The molecule has 0 spiro atoms. The van der Waals surface area contributed by atoms with Crippen molar-refractivity contribution < 1.29 is 4.74 Å². The van der Waals surface area contributed by atoms with E-state index in [2.05, 4.69) is 52.1 Å². The summed E-state index contributed by atoms with van der Waals surface area (Å²) in [5.41, 5.74) is 2.61. The first-order chi connectivity index (χ1) is 11.0. The molecule has 2 aromatic rings. The van der Waals surface area contributed by atoms with Crippen LogP contribution in [0, 0.1) is 6.92 Å². The van der Waals surface area contributed by atoms with Crippen molar-refractivity contribution in [2.24, 2.45) is 0 Å². The number of fused-ring (bicyclic) bond motifs is 1. The number of likely N-dealkylation sites (tertiary alicyclic amines) is 1. The lowest BCUT2D eigenvalue weighted by Crippen LogP contribution is -2.24. The zero-order valence-electron chi connectivity index (χ0n) is 14.1. The van der Waals surface area contributed by atoms with Gasteiger partial charge in [-0.2, -0.15) is 5.10 Å². The van der Waals surface area contributed by atoms with Crippen LogP contribution >= 0.6 is 0 Å². The van der Waals surface area contributed by atoms with Crippen molar-refractivity contribution in [3.05, 3.63) is 41.0 Å². The van der Waals surface area contributed by atoms with Crippen LogP contribution in [0.2, 0.25) is 0 Å². The van der Waals surface area contributed by atoms with Crippen LogP contribution in [0.15, 0.2) is 18.2 Å². The van der Waals surface area contributed by atoms with Crippen molar-refractivity contribution in [2.75, 3.05) is 6.54 Å². The molecule has 1 atom stereocenters. The average Bonchev–Trinajstić information content (AvgIpc) is 3.16. The van der Waals surface area contributed by atoms with E-state index in [-0.39, 0.29) is 5.60 Å². The van der Waals surface area contributed by atoms with E-state index in [4.69, 9.17) is 4.74 Å². The van der Waals surface area contributed by atoms with Gasteiger partial charge < -0.3 is 4.74 Å². The summed E-state index contributed by atoms with van der Waals surface area (Å²) in [6, 6.07) is 6.96. The summed E-state index contributed by atoms with van der Waals surface area (Å²) in [7, 11) is 0. The molecule has 1 fully saturated rings. The van der Waals surface area contributed by atoms with Crippen LogP contribution < -0.4 is 4.74 Å². The Kier molecular flexibility index (Phi) is 3.41. The number of rotatable bonds is 3. The number of hydrogen-bond acceptors (Lipinski definition) is 4. The number of aromatic amines is 1. The molecule has 4 rings (SSSR count). The second-order valence-corrected chi connectivity index (χ2v) is 7.39. The van der Waals surface area contributed by atoms with Gasteiger partial charge in [-0.15, -0.1) is 0 Å². The molecule has 0 unspecified atom stereocenters. The lowest BCUT2D eigenvalue weighted by molar-refractivity contribution is 0.138. The van der Waals surface area contributed by atoms with E-state index in [1.54, 1.807) is 0 Å². The van der Waals surface area contributed by atoms with Gasteiger partial charge in [0.05, 0.1) is 6.04 Å². The van der Waals surface area contributed by atoms with E-state index in [0.29, 0.717) is 6.04 Å². The van der Waals surface area contributed by atoms with Crippen LogP contribution in [-0.2, 0) is 13.0 Å². The molecule has 0 radical (unpaired) electrons. The van der Waals surface area contributed by atoms with E-state index in [1.807, 2.05) is 6.92 Å². The number of aromatic nitrogens is 3. The molecule has 5 heteroatoms. The molecule has 5 nitrogen and oxygen atoms in total. The average molecular weight is 312 g/mol. The summed E-state index contributed by atoms with van der Waals surface area (Å²) in [5.74, 6) is 2.87. The normalized spacial score (nSPS) is 23.0. The Balaban J connectivity index is 1.52. The van der Waals surface area contributed by atoms with Gasteiger partial charge in [-0.1, -0.05) is 12.1 Å². The second kappa shape index (κ2) is 5.34. The predicted octanol–water partition coefficient (Wildman–Crippen LogP) is 3.16. The van der Waals surface area contributed by atoms with Crippen molar-refractivity contribution >= 4 is 0 Å².